The van der Waals surface area contributed by atoms with Gasteiger partial charge in [0.1, 0.15) is 0 Å². The second-order valence-electron chi connectivity index (χ2n) is 11.5. The van der Waals surface area contributed by atoms with Crippen molar-refractivity contribution >= 4 is 59.9 Å². The molecule has 0 saturated carbocycles. The van der Waals surface area contributed by atoms with Crippen molar-refractivity contribution in [3.63, 3.8) is 0 Å². The van der Waals surface area contributed by atoms with Gasteiger partial charge in [0, 0.05) is 0 Å². The second-order valence-corrected chi connectivity index (χ2v) is 11.5. The second kappa shape index (κ2) is 11.1. The first-order chi connectivity index (χ1) is 21.7. The van der Waals surface area contributed by atoms with Crippen LogP contribution in [0, 0.1) is 0 Å². The number of nitrogens with one attached hydrogen (secondary N) is 1. The molecule has 44 heavy (non-hydrogen) atoms. The van der Waals surface area contributed by atoms with Crippen molar-refractivity contribution in [2.24, 2.45) is 5.73 Å². The smallest absolute Gasteiger partial charge is 0.0817 e. The third-order valence-electron chi connectivity index (χ3n) is 8.90. The maximum atomic E-state index is 6.87. The Hall–Kier alpha value is -5.28. The summed E-state index contributed by atoms with van der Waals surface area (Å²) < 4.78 is 0. The Balaban J connectivity index is 1.37. The van der Waals surface area contributed by atoms with Gasteiger partial charge in [0.15, 0.2) is 0 Å². The number of rotatable bonds is 6. The van der Waals surface area contributed by atoms with Crippen molar-refractivity contribution in [3.8, 4) is 0 Å². The van der Waals surface area contributed by atoms with E-state index in [2.05, 4.69) is 151 Å². The van der Waals surface area contributed by atoms with E-state index in [0.717, 1.165) is 5.56 Å². The molecule has 210 valence electrons. The number of hydrogen-bond donors (Lipinski definition) is 2. The molecule has 0 saturated heterocycles. The molecule has 0 heterocycles. The zero-order chi connectivity index (χ0) is 29.5. The van der Waals surface area contributed by atoms with Gasteiger partial charge in [0.2, 0.25) is 0 Å². The molecular weight excluding hydrogens is 532 g/mol. The molecule has 2 atom stereocenters. The zero-order valence-electron chi connectivity index (χ0n) is 24.3. The topological polar surface area (TPSA) is 38.0 Å². The van der Waals surface area contributed by atoms with E-state index in [-0.39, 0.29) is 12.2 Å². The van der Waals surface area contributed by atoms with Gasteiger partial charge in [0.05, 0.1) is 12.2 Å². The van der Waals surface area contributed by atoms with Crippen LogP contribution < -0.4 is 11.1 Å². The van der Waals surface area contributed by atoms with E-state index >= 15 is 0 Å². The summed E-state index contributed by atoms with van der Waals surface area (Å²) in [4.78, 5) is 0. The van der Waals surface area contributed by atoms with Gasteiger partial charge in [-0.05, 0) is 82.7 Å². The van der Waals surface area contributed by atoms with Crippen LogP contribution in [0.2, 0.25) is 0 Å². The number of fused-ring (bicyclic) bond motifs is 7. The molecule has 0 spiro atoms. The summed E-state index contributed by atoms with van der Waals surface area (Å²) in [5.41, 5.74) is 10.3. The monoisotopic (exact) mass is 564 g/mol. The number of benzene rings is 8. The molecule has 0 aliphatic carbocycles. The van der Waals surface area contributed by atoms with E-state index in [1.54, 1.807) is 0 Å². The van der Waals surface area contributed by atoms with E-state index in [1.165, 1.54) is 65.0 Å². The molecule has 3 N–H and O–H groups in total. The molecule has 0 bridgehead atoms. The largest absolute Gasteiger partial charge is 0.312 e. The highest BCUT2D eigenvalue weighted by atomic mass is 15.0. The lowest BCUT2D eigenvalue weighted by Crippen LogP contribution is -2.31. The molecule has 0 radical (unpaired) electrons. The lowest BCUT2D eigenvalue weighted by Gasteiger charge is -2.24. The molecule has 8 aromatic carbocycles. The first-order valence-corrected chi connectivity index (χ1v) is 15.2. The van der Waals surface area contributed by atoms with Gasteiger partial charge >= 0.3 is 0 Å². The SMILES string of the molecule is NC(NC(/C=C/c1c2ccccc2cc2ccc3ccccc3c12)c1cc2ccccc2c2ccccc12)c1ccccc1. The molecule has 8 rings (SSSR count). The van der Waals surface area contributed by atoms with E-state index in [9.17, 15) is 0 Å². The van der Waals surface area contributed by atoms with Crippen LogP contribution in [-0.4, -0.2) is 0 Å². The van der Waals surface area contributed by atoms with E-state index in [1.807, 2.05) is 18.2 Å². The van der Waals surface area contributed by atoms with Gasteiger partial charge in [-0.1, -0.05) is 152 Å². The summed E-state index contributed by atoms with van der Waals surface area (Å²) >= 11 is 0. The summed E-state index contributed by atoms with van der Waals surface area (Å²) in [5, 5.41) is 16.2. The molecule has 8 aromatic rings. The molecule has 2 nitrogen and oxygen atoms in total. The normalized spacial score (nSPS) is 13.4. The molecular formula is C42H32N2. The standard InChI is InChI=1S/C42H32N2/c43-42(29-13-2-1-3-14-29)44-40(39-27-31-16-6-7-17-33(31)36-20-10-11-21-37(36)39)25-24-38-34-18-8-5-15-30(34)26-32-23-22-28-12-4-9-19-35(28)41(32)38/h1-27,40,42,44H,43H2/b25-24+. The first kappa shape index (κ1) is 26.4. The summed E-state index contributed by atoms with van der Waals surface area (Å²) in [6.07, 6.45) is 4.28. The highest BCUT2D eigenvalue weighted by molar-refractivity contribution is 6.17. The van der Waals surface area contributed by atoms with Crippen LogP contribution in [0.5, 0.6) is 0 Å². The van der Waals surface area contributed by atoms with Crippen molar-refractivity contribution in [2.75, 3.05) is 0 Å². The van der Waals surface area contributed by atoms with Gasteiger partial charge in [-0.25, -0.2) is 0 Å². The van der Waals surface area contributed by atoms with Crippen LogP contribution in [0.25, 0.3) is 59.9 Å². The maximum Gasteiger partial charge on any atom is 0.0817 e. The Morgan fingerprint density at radius 3 is 1.82 bits per heavy atom. The van der Waals surface area contributed by atoms with Crippen LogP contribution in [0.1, 0.15) is 28.9 Å². The van der Waals surface area contributed by atoms with Gasteiger partial charge in [-0.15, -0.1) is 0 Å². The Labute approximate surface area is 257 Å². The van der Waals surface area contributed by atoms with E-state index in [4.69, 9.17) is 5.73 Å². The number of nitrogens with two attached hydrogens (primary N) is 1. The van der Waals surface area contributed by atoms with Crippen LogP contribution in [-0.2, 0) is 0 Å². The molecule has 0 aliphatic rings. The molecule has 0 amide bonds. The molecule has 0 aromatic heterocycles. The minimum atomic E-state index is -0.346. The molecule has 0 fully saturated rings. The third kappa shape index (κ3) is 4.62. The molecule has 2 heteroatoms. The van der Waals surface area contributed by atoms with Gasteiger partial charge in [-0.2, -0.15) is 0 Å². The van der Waals surface area contributed by atoms with Crippen molar-refractivity contribution in [2.45, 2.75) is 12.2 Å². The summed E-state index contributed by atoms with van der Waals surface area (Å²) in [6.45, 7) is 0. The Morgan fingerprint density at radius 2 is 1.05 bits per heavy atom. The van der Waals surface area contributed by atoms with Crippen LogP contribution >= 0.6 is 0 Å². The highest BCUT2D eigenvalue weighted by Gasteiger charge is 2.18. The Morgan fingerprint density at radius 1 is 0.477 bits per heavy atom. The van der Waals surface area contributed by atoms with Crippen molar-refractivity contribution in [1.29, 1.82) is 0 Å². The Kier molecular flexibility index (Phi) is 6.64. The van der Waals surface area contributed by atoms with E-state index < -0.39 is 0 Å². The third-order valence-corrected chi connectivity index (χ3v) is 8.90. The lowest BCUT2D eigenvalue weighted by molar-refractivity contribution is 0.511. The predicted octanol–water partition coefficient (Wildman–Crippen LogP) is 10.5. The fourth-order valence-corrected chi connectivity index (χ4v) is 6.78. The quantitative estimate of drug-likeness (QED) is 0.120. The van der Waals surface area contributed by atoms with Crippen LogP contribution in [0.15, 0.2) is 158 Å². The summed E-state index contributed by atoms with van der Waals surface area (Å²) in [7, 11) is 0. The number of hydrogen-bond acceptors (Lipinski definition) is 2. The fraction of sp³-hybridized carbons (Fsp3) is 0.0476. The van der Waals surface area contributed by atoms with Crippen LogP contribution in [0.4, 0.5) is 0 Å². The predicted molar refractivity (Wildman–Crippen MR) is 189 cm³/mol. The average molecular weight is 565 g/mol. The summed E-state index contributed by atoms with van der Waals surface area (Å²) in [6, 6.07) is 54.0. The molecule has 2 unspecified atom stereocenters. The average Bonchev–Trinajstić information content (AvgIpc) is 3.09. The van der Waals surface area contributed by atoms with Gasteiger partial charge < -0.3 is 5.73 Å². The minimum absolute atomic E-state index is 0.149. The molecule has 0 aliphatic heterocycles. The van der Waals surface area contributed by atoms with Crippen LogP contribution in [0.3, 0.4) is 0 Å². The highest BCUT2D eigenvalue weighted by Crippen LogP contribution is 2.37. The van der Waals surface area contributed by atoms with Gasteiger partial charge in [-0.3, -0.25) is 5.32 Å². The van der Waals surface area contributed by atoms with Crippen molar-refractivity contribution in [3.05, 3.63) is 174 Å². The summed E-state index contributed by atoms with van der Waals surface area (Å²) in [5.74, 6) is 0. The zero-order valence-corrected chi connectivity index (χ0v) is 24.3. The lowest BCUT2D eigenvalue weighted by atomic mass is 9.90. The Bertz CT molecular complexity index is 2340. The van der Waals surface area contributed by atoms with Crippen molar-refractivity contribution in [1.82, 2.24) is 5.32 Å². The fourth-order valence-electron chi connectivity index (χ4n) is 6.78. The maximum absolute atomic E-state index is 6.87. The van der Waals surface area contributed by atoms with E-state index in [0.29, 0.717) is 0 Å². The van der Waals surface area contributed by atoms with Crippen molar-refractivity contribution < 1.29 is 0 Å². The first-order valence-electron chi connectivity index (χ1n) is 15.2. The van der Waals surface area contributed by atoms with Gasteiger partial charge in [0.25, 0.3) is 0 Å². The minimum Gasteiger partial charge on any atom is -0.312 e.